The van der Waals surface area contributed by atoms with Crippen LogP contribution in [0.2, 0.25) is 15.1 Å². The maximum atomic E-state index is 12.9. The van der Waals surface area contributed by atoms with Gasteiger partial charge in [-0.25, -0.2) is 4.79 Å². The molecule has 0 bridgehead atoms. The average molecular weight is 441 g/mol. The van der Waals surface area contributed by atoms with E-state index in [0.717, 1.165) is 10.5 Å². The summed E-state index contributed by atoms with van der Waals surface area (Å²) < 4.78 is 0. The predicted molar refractivity (Wildman–Crippen MR) is 109 cm³/mol. The molecule has 1 heterocycles. The van der Waals surface area contributed by atoms with Gasteiger partial charge in [-0.1, -0.05) is 46.9 Å². The van der Waals surface area contributed by atoms with E-state index in [-0.39, 0.29) is 5.02 Å². The van der Waals surface area contributed by atoms with E-state index in [1.54, 1.807) is 37.3 Å². The molecule has 3 rings (SSSR count). The maximum absolute atomic E-state index is 12.9. The summed E-state index contributed by atoms with van der Waals surface area (Å²) in [4.78, 5) is 38.6. The van der Waals surface area contributed by atoms with Crippen molar-refractivity contribution in [3.8, 4) is 0 Å². The fourth-order valence-electron chi connectivity index (χ4n) is 2.98. The van der Waals surface area contributed by atoms with Crippen LogP contribution in [0.3, 0.4) is 0 Å². The topological polar surface area (TPSA) is 78.5 Å². The first-order valence-electron chi connectivity index (χ1n) is 8.27. The minimum absolute atomic E-state index is 0.240. The highest BCUT2D eigenvalue weighted by molar-refractivity contribution is 6.35. The molecule has 1 atom stereocenters. The van der Waals surface area contributed by atoms with Crippen molar-refractivity contribution >= 4 is 58.3 Å². The summed E-state index contributed by atoms with van der Waals surface area (Å²) in [6.07, 6.45) is 0. The number of anilines is 1. The Kier molecular flexibility index (Phi) is 5.57. The van der Waals surface area contributed by atoms with Gasteiger partial charge in [0.05, 0.1) is 0 Å². The third kappa shape index (κ3) is 3.81. The fourth-order valence-corrected chi connectivity index (χ4v) is 3.75. The lowest BCUT2D eigenvalue weighted by molar-refractivity contribution is -0.133. The zero-order valence-electron chi connectivity index (χ0n) is 15.0. The van der Waals surface area contributed by atoms with Crippen LogP contribution >= 0.6 is 34.8 Å². The molecule has 28 heavy (non-hydrogen) atoms. The lowest BCUT2D eigenvalue weighted by Crippen LogP contribution is -2.42. The number of hydrogen-bond donors (Lipinski definition) is 2. The molecule has 1 aliphatic heterocycles. The number of carbonyl (C=O) groups is 3. The fraction of sp³-hybridized carbons (Fsp3) is 0.211. The summed E-state index contributed by atoms with van der Waals surface area (Å²) in [5.41, 5.74) is 0.302. The number of carbonyl (C=O) groups excluding carboxylic acids is 3. The lowest BCUT2D eigenvalue weighted by atomic mass is 9.92. The third-order valence-corrected chi connectivity index (χ3v) is 5.30. The van der Waals surface area contributed by atoms with E-state index in [0.29, 0.717) is 21.3 Å². The number of nitrogens with one attached hydrogen (secondary N) is 2. The first-order chi connectivity index (χ1) is 13.1. The molecule has 9 heteroatoms. The van der Waals surface area contributed by atoms with Gasteiger partial charge in [-0.05, 0) is 43.7 Å². The molecule has 2 N–H and O–H groups in total. The van der Waals surface area contributed by atoms with Gasteiger partial charge < -0.3 is 10.6 Å². The second-order valence-corrected chi connectivity index (χ2v) is 7.86. The van der Waals surface area contributed by atoms with Crippen molar-refractivity contribution in [2.45, 2.75) is 19.4 Å². The van der Waals surface area contributed by atoms with Gasteiger partial charge in [0.25, 0.3) is 5.91 Å². The third-order valence-electron chi connectivity index (χ3n) is 4.52. The second kappa shape index (κ2) is 7.62. The quantitative estimate of drug-likeness (QED) is 0.693. The first-order valence-corrected chi connectivity index (χ1v) is 9.41. The van der Waals surface area contributed by atoms with Crippen molar-refractivity contribution in [3.63, 3.8) is 0 Å². The van der Waals surface area contributed by atoms with Gasteiger partial charge in [0.15, 0.2) is 0 Å². The van der Waals surface area contributed by atoms with Crippen LogP contribution in [-0.4, -0.2) is 29.3 Å². The summed E-state index contributed by atoms with van der Waals surface area (Å²) in [6.45, 7) is 2.89. The van der Waals surface area contributed by atoms with Crippen LogP contribution in [0.4, 0.5) is 10.5 Å². The van der Waals surface area contributed by atoms with Crippen LogP contribution in [0, 0.1) is 6.92 Å². The Morgan fingerprint density at radius 3 is 2.43 bits per heavy atom. The normalized spacial score (nSPS) is 19.0. The smallest absolute Gasteiger partial charge is 0.324 e. The van der Waals surface area contributed by atoms with E-state index in [9.17, 15) is 14.4 Å². The first kappa shape index (κ1) is 20.5. The van der Waals surface area contributed by atoms with Gasteiger partial charge in [0.2, 0.25) is 5.91 Å². The molecular formula is C19H16Cl3N3O3. The summed E-state index contributed by atoms with van der Waals surface area (Å²) in [5.74, 6) is -1.11. The Balaban J connectivity index is 1.80. The lowest BCUT2D eigenvalue weighted by Gasteiger charge is -2.23. The van der Waals surface area contributed by atoms with Crippen molar-refractivity contribution in [3.05, 3.63) is 62.6 Å². The van der Waals surface area contributed by atoms with Crippen LogP contribution in [0.25, 0.3) is 0 Å². The zero-order valence-corrected chi connectivity index (χ0v) is 17.2. The Bertz CT molecular complexity index is 996. The van der Waals surface area contributed by atoms with Gasteiger partial charge in [0.1, 0.15) is 12.1 Å². The van der Waals surface area contributed by atoms with Crippen molar-refractivity contribution in [2.75, 3.05) is 11.9 Å². The number of urea groups is 1. The molecule has 1 fully saturated rings. The molecule has 146 valence electrons. The summed E-state index contributed by atoms with van der Waals surface area (Å²) in [6, 6.07) is 9.00. The van der Waals surface area contributed by atoms with E-state index in [1.165, 1.54) is 13.0 Å². The molecule has 1 unspecified atom stereocenters. The van der Waals surface area contributed by atoms with Crippen molar-refractivity contribution < 1.29 is 14.4 Å². The predicted octanol–water partition coefficient (Wildman–Crippen LogP) is 4.36. The molecule has 0 aromatic heterocycles. The highest BCUT2D eigenvalue weighted by Crippen LogP contribution is 2.35. The van der Waals surface area contributed by atoms with Crippen molar-refractivity contribution in [1.82, 2.24) is 10.2 Å². The minimum atomic E-state index is -1.40. The number of benzene rings is 2. The Hall–Kier alpha value is -2.28. The van der Waals surface area contributed by atoms with E-state index < -0.39 is 29.9 Å². The van der Waals surface area contributed by atoms with E-state index in [2.05, 4.69) is 10.6 Å². The van der Waals surface area contributed by atoms with Crippen LogP contribution < -0.4 is 10.6 Å². The molecule has 0 spiro atoms. The molecule has 1 aliphatic rings. The van der Waals surface area contributed by atoms with Gasteiger partial charge in [0, 0.05) is 26.3 Å². The van der Waals surface area contributed by atoms with Crippen molar-refractivity contribution in [1.29, 1.82) is 0 Å². The second-order valence-electron chi connectivity index (χ2n) is 6.58. The van der Waals surface area contributed by atoms with E-state index in [1.807, 2.05) is 0 Å². The Morgan fingerprint density at radius 2 is 1.75 bits per heavy atom. The zero-order chi connectivity index (χ0) is 20.6. The van der Waals surface area contributed by atoms with Crippen LogP contribution in [0.15, 0.2) is 36.4 Å². The molecule has 4 amide bonds. The molecule has 2 aromatic carbocycles. The van der Waals surface area contributed by atoms with Gasteiger partial charge in [-0.2, -0.15) is 0 Å². The molecule has 6 nitrogen and oxygen atoms in total. The van der Waals surface area contributed by atoms with E-state index >= 15 is 0 Å². The molecular weight excluding hydrogens is 425 g/mol. The molecule has 0 saturated carbocycles. The number of rotatable bonds is 4. The highest BCUT2D eigenvalue weighted by Gasteiger charge is 2.50. The molecule has 1 saturated heterocycles. The van der Waals surface area contributed by atoms with Crippen LogP contribution in [0.1, 0.15) is 18.1 Å². The van der Waals surface area contributed by atoms with Gasteiger partial charge in [-0.3, -0.25) is 14.5 Å². The number of aryl methyl sites for hydroxylation is 1. The highest BCUT2D eigenvalue weighted by atomic mass is 35.5. The van der Waals surface area contributed by atoms with Gasteiger partial charge >= 0.3 is 6.03 Å². The number of hydrogen-bond acceptors (Lipinski definition) is 3. The maximum Gasteiger partial charge on any atom is 0.325 e. The van der Waals surface area contributed by atoms with Gasteiger partial charge in [-0.15, -0.1) is 0 Å². The summed E-state index contributed by atoms with van der Waals surface area (Å²) in [7, 11) is 0. The summed E-state index contributed by atoms with van der Waals surface area (Å²) >= 11 is 18.1. The number of halogens is 3. The van der Waals surface area contributed by atoms with Crippen LogP contribution in [0.5, 0.6) is 0 Å². The Labute approximate surface area is 176 Å². The standard InChI is InChI=1S/C19H16Cl3N3O3/c1-10-3-4-12(21)8-15(10)23-16(26)9-25-17(27)19(2,24-18(25)28)13-6-5-11(20)7-14(13)22/h3-8H,9H2,1-2H3,(H,23,26)(H,24,28). The molecule has 0 aliphatic carbocycles. The number of nitrogens with zero attached hydrogens (tertiary/aromatic N) is 1. The van der Waals surface area contributed by atoms with Crippen LogP contribution in [-0.2, 0) is 15.1 Å². The minimum Gasteiger partial charge on any atom is -0.324 e. The number of imide groups is 1. The summed E-state index contributed by atoms with van der Waals surface area (Å²) in [5, 5.41) is 6.37. The Morgan fingerprint density at radius 1 is 1.11 bits per heavy atom. The van der Waals surface area contributed by atoms with Crippen molar-refractivity contribution in [2.24, 2.45) is 0 Å². The SMILES string of the molecule is Cc1ccc(Cl)cc1NC(=O)CN1C(=O)NC(C)(c2ccc(Cl)cc2Cl)C1=O. The molecule has 0 radical (unpaired) electrons. The average Bonchev–Trinajstić information content (AvgIpc) is 2.82. The number of amides is 4. The van der Waals surface area contributed by atoms with E-state index in [4.69, 9.17) is 34.8 Å². The monoisotopic (exact) mass is 439 g/mol. The largest absolute Gasteiger partial charge is 0.325 e. The molecule has 2 aromatic rings.